The Morgan fingerprint density at radius 3 is 2.56 bits per heavy atom. The van der Waals surface area contributed by atoms with Gasteiger partial charge in [0.25, 0.3) is 17.7 Å². The van der Waals surface area contributed by atoms with Crippen molar-refractivity contribution in [1.29, 1.82) is 0 Å². The molecule has 0 radical (unpaired) electrons. The van der Waals surface area contributed by atoms with E-state index in [9.17, 15) is 19.1 Å². The van der Waals surface area contributed by atoms with E-state index < -0.39 is 39.6 Å². The van der Waals surface area contributed by atoms with Gasteiger partial charge < -0.3 is 20.3 Å². The Balaban J connectivity index is 1.65. The predicted molar refractivity (Wildman–Crippen MR) is 128 cm³/mol. The van der Waals surface area contributed by atoms with Crippen LogP contribution in [0.4, 0.5) is 10.1 Å². The van der Waals surface area contributed by atoms with E-state index in [2.05, 4.69) is 20.9 Å². The number of aromatic hydroxyl groups is 1. The summed E-state index contributed by atoms with van der Waals surface area (Å²) in [5, 5.41) is 22.9. The highest BCUT2D eigenvalue weighted by Crippen LogP contribution is 2.46. The highest BCUT2D eigenvalue weighted by atomic mass is 32.3. The summed E-state index contributed by atoms with van der Waals surface area (Å²) < 4.78 is 21.2. The monoisotopic (exact) mass is 485 g/mol. The van der Waals surface area contributed by atoms with Gasteiger partial charge in [-0.1, -0.05) is 6.07 Å². The molecule has 178 valence electrons. The molecule has 0 bridgehead atoms. The number of halogens is 1. The zero-order valence-corrected chi connectivity index (χ0v) is 19.8. The molecule has 1 unspecified atom stereocenters. The minimum Gasteiger partial charge on any atom is -0.491 e. The van der Waals surface area contributed by atoms with Crippen LogP contribution >= 0.6 is 10.0 Å². The van der Waals surface area contributed by atoms with Crippen LogP contribution in [0, 0.1) is 5.82 Å². The van der Waals surface area contributed by atoms with Crippen LogP contribution in [0.25, 0.3) is 10.9 Å². The minimum absolute atomic E-state index is 0.258. The van der Waals surface area contributed by atoms with Gasteiger partial charge in [0.1, 0.15) is 11.9 Å². The first kappa shape index (κ1) is 23.3. The molecule has 0 saturated carbocycles. The maximum Gasteiger partial charge on any atom is 0.290 e. The number of aromatic nitrogens is 3. The van der Waals surface area contributed by atoms with Gasteiger partial charge in [-0.15, -0.1) is 0 Å². The van der Waals surface area contributed by atoms with Crippen molar-refractivity contribution in [1.82, 2.24) is 20.3 Å². The van der Waals surface area contributed by atoms with Crippen LogP contribution in [0.5, 0.6) is 5.88 Å². The lowest BCUT2D eigenvalue weighted by atomic mass is 10.0. The molecule has 9 nitrogen and oxygen atoms in total. The van der Waals surface area contributed by atoms with Gasteiger partial charge in [-0.3, -0.25) is 14.3 Å². The number of carbonyl (C=O) groups is 2. The predicted octanol–water partition coefficient (Wildman–Crippen LogP) is 3.57. The van der Waals surface area contributed by atoms with Crippen molar-refractivity contribution < 1.29 is 23.6 Å². The number of amides is 2. The Labute approximate surface area is 196 Å². The summed E-state index contributed by atoms with van der Waals surface area (Å²) in [5.41, 5.74) is 1.58. The van der Waals surface area contributed by atoms with Crippen LogP contribution in [0.2, 0.25) is 0 Å². The highest BCUT2D eigenvalue weighted by molar-refractivity contribution is 8.32. The molecule has 0 aliphatic carbocycles. The number of hydrogen-bond donors (Lipinski definition) is 3. The molecule has 2 aromatic heterocycles. The summed E-state index contributed by atoms with van der Waals surface area (Å²) in [6.45, 7) is 0. The van der Waals surface area contributed by atoms with Crippen LogP contribution in [-0.4, -0.2) is 50.6 Å². The van der Waals surface area contributed by atoms with E-state index in [4.69, 9.17) is 4.52 Å². The smallest absolute Gasteiger partial charge is 0.290 e. The Bertz CT molecular complexity index is 1390. The van der Waals surface area contributed by atoms with Crippen molar-refractivity contribution in [2.24, 2.45) is 7.05 Å². The first-order valence-electron chi connectivity index (χ1n) is 10.2. The van der Waals surface area contributed by atoms with Crippen molar-refractivity contribution in [2.45, 2.75) is 10.9 Å². The van der Waals surface area contributed by atoms with Gasteiger partial charge in [0.15, 0.2) is 0 Å². The molecule has 0 aliphatic heterocycles. The quantitative estimate of drug-likeness (QED) is 0.384. The van der Waals surface area contributed by atoms with E-state index in [0.717, 1.165) is 17.0 Å². The first-order valence-corrected chi connectivity index (χ1v) is 13.1. The van der Waals surface area contributed by atoms with Gasteiger partial charge in [0.05, 0.1) is 17.8 Å². The zero-order chi connectivity index (χ0) is 24.6. The minimum atomic E-state index is -1.29. The number of nitrogens with one attached hydrogen (secondary N) is 2. The van der Waals surface area contributed by atoms with E-state index in [-0.39, 0.29) is 11.4 Å². The molecule has 11 heteroatoms. The summed E-state index contributed by atoms with van der Waals surface area (Å²) in [4.78, 5) is 26.5. The van der Waals surface area contributed by atoms with Crippen LogP contribution in [-0.2, 0) is 11.8 Å². The van der Waals surface area contributed by atoms with E-state index in [1.165, 1.54) is 6.07 Å². The maximum atomic E-state index is 14.7. The summed E-state index contributed by atoms with van der Waals surface area (Å²) in [6, 6.07) is 9.65. The molecule has 4 rings (SSSR count). The molecule has 1 atom stereocenters. The highest BCUT2D eigenvalue weighted by Gasteiger charge is 2.26. The molecule has 0 spiro atoms. The second kappa shape index (κ2) is 8.82. The summed E-state index contributed by atoms with van der Waals surface area (Å²) >= 11 is 0. The number of hydrogen-bond acceptors (Lipinski definition) is 6. The Kier molecular flexibility index (Phi) is 6.05. The third-order valence-electron chi connectivity index (χ3n) is 5.22. The van der Waals surface area contributed by atoms with Crippen molar-refractivity contribution in [2.75, 3.05) is 24.1 Å². The molecule has 2 aromatic carbocycles. The fourth-order valence-corrected chi connectivity index (χ4v) is 4.65. The largest absolute Gasteiger partial charge is 0.491 e. The van der Waals surface area contributed by atoms with E-state index in [0.29, 0.717) is 10.5 Å². The average Bonchev–Trinajstić information content (AvgIpc) is 3.36. The van der Waals surface area contributed by atoms with Gasteiger partial charge in [0, 0.05) is 23.0 Å². The van der Waals surface area contributed by atoms with Crippen LogP contribution < -0.4 is 10.6 Å². The summed E-state index contributed by atoms with van der Waals surface area (Å²) in [6.07, 6.45) is 7.58. The van der Waals surface area contributed by atoms with Gasteiger partial charge in [-0.25, -0.2) is 14.4 Å². The van der Waals surface area contributed by atoms with Crippen LogP contribution in [0.1, 0.15) is 22.2 Å². The fourth-order valence-electron chi connectivity index (χ4n) is 3.53. The van der Waals surface area contributed by atoms with Gasteiger partial charge in [0.2, 0.25) is 5.76 Å². The van der Waals surface area contributed by atoms with Crippen molar-refractivity contribution in [3.8, 4) is 5.88 Å². The average molecular weight is 486 g/mol. The fraction of sp³-hybridized carbons (Fsp3) is 0.217. The molecule has 0 saturated heterocycles. The number of benzene rings is 2. The Morgan fingerprint density at radius 2 is 1.91 bits per heavy atom. The molecule has 0 aliphatic rings. The number of nitrogens with zero attached hydrogens (tertiary/aromatic N) is 3. The lowest BCUT2D eigenvalue weighted by Gasteiger charge is -2.26. The van der Waals surface area contributed by atoms with Crippen molar-refractivity contribution >= 4 is 38.4 Å². The third-order valence-corrected chi connectivity index (χ3v) is 6.87. The standard InChI is InChI=1S/C23H24FN5O4S/c1-29-17-7-5-13(9-14(17)12-25-29)21(27-22(31)18-11-20(30)28-33-18)23(32)26-15-6-8-19(16(24)10-15)34(2,3)4/h5-12,21H,1-4H3,(H,26,32)(H,27,31)(H,28,30). The molecule has 2 heterocycles. The molecule has 34 heavy (non-hydrogen) atoms. The zero-order valence-electron chi connectivity index (χ0n) is 19.0. The van der Waals surface area contributed by atoms with E-state index in [1.54, 1.807) is 48.3 Å². The summed E-state index contributed by atoms with van der Waals surface area (Å²) in [5.74, 6) is -2.47. The maximum absolute atomic E-state index is 14.7. The molecule has 4 aromatic rings. The molecule has 0 fully saturated rings. The van der Waals surface area contributed by atoms with Gasteiger partial charge in [-0.05, 0) is 59.8 Å². The molecular weight excluding hydrogens is 461 g/mol. The van der Waals surface area contributed by atoms with Crippen LogP contribution in [0.15, 0.2) is 58.1 Å². The first-order chi connectivity index (χ1) is 16.0. The second-order valence-electron chi connectivity index (χ2n) is 8.51. The summed E-state index contributed by atoms with van der Waals surface area (Å²) in [7, 11) is 0.503. The number of carbonyl (C=O) groups excluding carboxylic acids is 2. The second-order valence-corrected chi connectivity index (χ2v) is 12.6. The molecule has 2 amide bonds. The number of fused-ring (bicyclic) bond motifs is 1. The number of anilines is 1. The van der Waals surface area contributed by atoms with Crippen molar-refractivity contribution in [3.05, 3.63) is 65.8 Å². The molecule has 3 N–H and O–H groups in total. The van der Waals surface area contributed by atoms with E-state index >= 15 is 0 Å². The van der Waals surface area contributed by atoms with Crippen LogP contribution in [0.3, 0.4) is 0 Å². The van der Waals surface area contributed by atoms with E-state index in [1.807, 2.05) is 18.8 Å². The van der Waals surface area contributed by atoms with Crippen molar-refractivity contribution in [3.63, 3.8) is 0 Å². The SMILES string of the molecule is Cn1ncc2cc(C(NC(=O)c3cc(O)no3)C(=O)Nc3ccc(S(C)(C)C)c(F)c3)ccc21. The lowest BCUT2D eigenvalue weighted by Crippen LogP contribution is -2.37. The lowest BCUT2D eigenvalue weighted by molar-refractivity contribution is -0.118. The third kappa shape index (κ3) is 4.74. The Hall–Kier alpha value is -3.86. The number of rotatable bonds is 6. The molecular formula is C23H24FN5O4S. The van der Waals surface area contributed by atoms with Gasteiger partial charge >= 0.3 is 0 Å². The Morgan fingerprint density at radius 1 is 1.15 bits per heavy atom. The van der Waals surface area contributed by atoms with Gasteiger partial charge in [-0.2, -0.15) is 5.10 Å². The number of aryl methyl sites for hydroxylation is 1. The normalized spacial score (nSPS) is 13.0. The topological polar surface area (TPSA) is 122 Å².